The normalized spacial score (nSPS) is 33.2. The van der Waals surface area contributed by atoms with Crippen LogP contribution >= 0.6 is 11.6 Å². The van der Waals surface area contributed by atoms with E-state index < -0.39 is 35.4 Å². The minimum absolute atomic E-state index is 2.55. The summed E-state index contributed by atoms with van der Waals surface area (Å²) in [7, 11) is 0. The van der Waals surface area contributed by atoms with Crippen molar-refractivity contribution in [2.75, 3.05) is 0 Å². The van der Waals surface area contributed by atoms with Crippen molar-refractivity contribution in [1.82, 2.24) is 0 Å². The molecule has 0 saturated carbocycles. The molecule has 1 fully saturated rings. The van der Waals surface area contributed by atoms with Crippen LogP contribution < -0.4 is 0 Å². The highest BCUT2D eigenvalue weighted by Gasteiger charge is 2.92. The maximum Gasteiger partial charge on any atom is 0.450 e. The second-order valence-corrected chi connectivity index (χ2v) is 3.77. The van der Waals surface area contributed by atoms with Crippen LogP contribution in [0, 0.1) is 0 Å². The summed E-state index contributed by atoms with van der Waals surface area (Å²) in [5, 5.41) is -4.02. The summed E-state index contributed by atoms with van der Waals surface area (Å²) in [6, 6.07) is 0. The van der Waals surface area contributed by atoms with E-state index in [0.29, 0.717) is 0 Å². The van der Waals surface area contributed by atoms with Crippen molar-refractivity contribution < 1.29 is 48.6 Å². The van der Waals surface area contributed by atoms with Crippen molar-refractivity contribution in [3.05, 3.63) is 0 Å². The van der Waals surface area contributed by atoms with Crippen LogP contribution in [0.1, 0.15) is 0 Å². The molecular formula is C6HClF10O. The van der Waals surface area contributed by atoms with Crippen molar-refractivity contribution in [3.8, 4) is 0 Å². The first-order valence-corrected chi connectivity index (χ1v) is 4.28. The van der Waals surface area contributed by atoms with Crippen LogP contribution in [0.25, 0.3) is 0 Å². The molecule has 0 amide bonds. The second kappa shape index (κ2) is 3.56. The molecule has 1 aliphatic heterocycles. The lowest BCUT2D eigenvalue weighted by atomic mass is 9.84. The molecule has 0 radical (unpaired) electrons. The van der Waals surface area contributed by atoms with Crippen LogP contribution in [0.5, 0.6) is 0 Å². The molecule has 2 atom stereocenters. The van der Waals surface area contributed by atoms with Gasteiger partial charge in [0.1, 0.15) is 5.38 Å². The van der Waals surface area contributed by atoms with E-state index in [1.165, 1.54) is 0 Å². The van der Waals surface area contributed by atoms with Crippen LogP contribution in [0.4, 0.5) is 43.9 Å². The molecule has 1 rings (SSSR count). The standard InChI is InChI=1S/C6HClF10O/c7-1-2(4(9,10)11,5(12,13)14)18-3(1,8)6(15,16)17/h1H/t1-,3+/m0/s1. The summed E-state index contributed by atoms with van der Waals surface area (Å²) in [5.74, 6) is -5.21. The number of hydrogen-bond acceptors (Lipinski definition) is 1. The number of rotatable bonds is 0. The van der Waals surface area contributed by atoms with Gasteiger partial charge in [-0.1, -0.05) is 0 Å². The van der Waals surface area contributed by atoms with Gasteiger partial charge in [-0.25, -0.2) is 0 Å². The van der Waals surface area contributed by atoms with Gasteiger partial charge >= 0.3 is 24.4 Å². The fourth-order valence-electron chi connectivity index (χ4n) is 1.31. The Hall–Kier alpha value is -0.450. The Morgan fingerprint density at radius 3 is 1.28 bits per heavy atom. The largest absolute Gasteiger partial charge is 0.450 e. The lowest BCUT2D eigenvalue weighted by molar-refractivity contribution is -0.522. The van der Waals surface area contributed by atoms with Gasteiger partial charge < -0.3 is 4.74 Å². The zero-order chi connectivity index (χ0) is 14.8. The molecule has 1 heterocycles. The molecule has 0 aliphatic carbocycles. The van der Waals surface area contributed by atoms with E-state index in [-0.39, 0.29) is 0 Å². The summed E-state index contributed by atoms with van der Waals surface area (Å²) in [6.45, 7) is 0. The van der Waals surface area contributed by atoms with E-state index in [9.17, 15) is 43.9 Å². The number of alkyl halides is 11. The average molecular weight is 315 g/mol. The molecular weight excluding hydrogens is 313 g/mol. The molecule has 0 aromatic heterocycles. The highest BCUT2D eigenvalue weighted by atomic mass is 35.5. The molecule has 0 spiro atoms. The van der Waals surface area contributed by atoms with Gasteiger partial charge in [0.05, 0.1) is 0 Å². The Morgan fingerprint density at radius 2 is 1.11 bits per heavy atom. The fraction of sp³-hybridized carbons (Fsp3) is 1.00. The Balaban J connectivity index is 3.26. The van der Waals surface area contributed by atoms with E-state index in [4.69, 9.17) is 0 Å². The third-order valence-corrected chi connectivity index (χ3v) is 2.81. The van der Waals surface area contributed by atoms with E-state index in [0.717, 1.165) is 0 Å². The van der Waals surface area contributed by atoms with Crippen LogP contribution in [-0.4, -0.2) is 35.4 Å². The Bertz CT molecular complexity index is 328. The van der Waals surface area contributed by atoms with Crippen molar-refractivity contribution in [3.63, 3.8) is 0 Å². The van der Waals surface area contributed by atoms with Gasteiger partial charge in [0.2, 0.25) is 0 Å². The zero-order valence-electron chi connectivity index (χ0n) is 7.64. The van der Waals surface area contributed by atoms with Crippen molar-refractivity contribution >= 4 is 11.6 Å². The highest BCUT2D eigenvalue weighted by Crippen LogP contribution is 2.65. The predicted molar refractivity (Wildman–Crippen MR) is 35.5 cm³/mol. The molecule has 18 heavy (non-hydrogen) atoms. The maximum atomic E-state index is 12.9. The summed E-state index contributed by atoms with van der Waals surface area (Å²) < 4.78 is 124. The Morgan fingerprint density at radius 1 is 0.778 bits per heavy atom. The molecule has 1 saturated heterocycles. The minimum atomic E-state index is -6.35. The molecule has 1 aliphatic rings. The first-order valence-electron chi connectivity index (χ1n) is 3.84. The van der Waals surface area contributed by atoms with Crippen LogP contribution in [-0.2, 0) is 4.74 Å². The van der Waals surface area contributed by atoms with Crippen LogP contribution in [0.2, 0.25) is 0 Å². The molecule has 0 bridgehead atoms. The molecule has 0 unspecified atom stereocenters. The van der Waals surface area contributed by atoms with Gasteiger partial charge in [0.25, 0.3) is 5.60 Å². The quantitative estimate of drug-likeness (QED) is 0.489. The SMILES string of the molecule is FC(F)(F)C1(C(F)(F)F)O[C@@](F)(C(F)(F)F)[C@H]1Cl. The lowest BCUT2D eigenvalue weighted by Crippen LogP contribution is -2.83. The molecule has 0 aromatic rings. The average Bonchev–Trinajstić information content (AvgIpc) is 2.06. The summed E-state index contributed by atoms with van der Waals surface area (Å²) in [6.07, 6.45) is -18.8. The van der Waals surface area contributed by atoms with E-state index in [1.54, 1.807) is 0 Å². The molecule has 0 aromatic carbocycles. The first kappa shape index (κ1) is 15.6. The minimum Gasteiger partial charge on any atom is -0.311 e. The molecule has 12 heteroatoms. The van der Waals surface area contributed by atoms with E-state index in [1.807, 2.05) is 0 Å². The molecule has 0 N–H and O–H groups in total. The third kappa shape index (κ3) is 1.66. The topological polar surface area (TPSA) is 9.23 Å². The van der Waals surface area contributed by atoms with Gasteiger partial charge in [0, 0.05) is 0 Å². The van der Waals surface area contributed by atoms with E-state index >= 15 is 0 Å². The molecule has 108 valence electrons. The summed E-state index contributed by atoms with van der Waals surface area (Å²) >= 11 is 4.37. The number of ether oxygens (including phenoxy) is 1. The van der Waals surface area contributed by atoms with Gasteiger partial charge in [-0.05, 0) is 0 Å². The van der Waals surface area contributed by atoms with Gasteiger partial charge in [-0.2, -0.15) is 43.9 Å². The first-order chi connectivity index (χ1) is 7.61. The summed E-state index contributed by atoms with van der Waals surface area (Å²) in [5.41, 5.74) is -5.38. The van der Waals surface area contributed by atoms with Gasteiger partial charge in [0.15, 0.2) is 0 Å². The molecule has 1 nitrogen and oxygen atoms in total. The fourth-order valence-corrected chi connectivity index (χ4v) is 1.77. The number of halogens is 11. The summed E-state index contributed by atoms with van der Waals surface area (Å²) in [4.78, 5) is 0. The smallest absolute Gasteiger partial charge is 0.311 e. The lowest BCUT2D eigenvalue weighted by Gasteiger charge is -2.55. The van der Waals surface area contributed by atoms with Crippen molar-refractivity contribution in [2.24, 2.45) is 0 Å². The van der Waals surface area contributed by atoms with Crippen molar-refractivity contribution in [1.29, 1.82) is 0 Å². The Labute approximate surface area is 96.6 Å². The van der Waals surface area contributed by atoms with Crippen LogP contribution in [0.3, 0.4) is 0 Å². The number of hydrogen-bond donors (Lipinski definition) is 0. The van der Waals surface area contributed by atoms with Crippen molar-refractivity contribution in [2.45, 2.75) is 35.4 Å². The highest BCUT2D eigenvalue weighted by molar-refractivity contribution is 6.23. The monoisotopic (exact) mass is 314 g/mol. The second-order valence-electron chi connectivity index (χ2n) is 3.34. The van der Waals surface area contributed by atoms with Gasteiger partial charge in [-0.3, -0.25) is 0 Å². The van der Waals surface area contributed by atoms with Gasteiger partial charge in [-0.15, -0.1) is 11.6 Å². The Kier molecular flexibility index (Phi) is 3.08. The predicted octanol–water partition coefficient (Wildman–Crippen LogP) is 3.72. The van der Waals surface area contributed by atoms with E-state index in [2.05, 4.69) is 16.3 Å². The van der Waals surface area contributed by atoms with Crippen LogP contribution in [0.15, 0.2) is 0 Å². The third-order valence-electron chi connectivity index (χ3n) is 2.22. The maximum absolute atomic E-state index is 12.9. The zero-order valence-corrected chi connectivity index (χ0v) is 8.40.